The summed E-state index contributed by atoms with van der Waals surface area (Å²) in [5.74, 6) is 1.15. The Hall–Kier alpha value is -2.93. The van der Waals surface area contributed by atoms with Crippen LogP contribution in [0.1, 0.15) is 5.56 Å². The largest absolute Gasteiger partial charge is 0.438 e. The van der Waals surface area contributed by atoms with Crippen LogP contribution < -0.4 is 4.74 Å². The zero-order valence-electron chi connectivity index (χ0n) is 9.95. The van der Waals surface area contributed by atoms with E-state index in [4.69, 9.17) is 10.00 Å². The quantitative estimate of drug-likeness (QED) is 0.697. The minimum Gasteiger partial charge on any atom is -0.438 e. The monoisotopic (exact) mass is 247 g/mol. The minimum atomic E-state index is 0.454. The maximum absolute atomic E-state index is 8.72. The Kier molecular flexibility index (Phi) is 2.79. The van der Waals surface area contributed by atoms with E-state index in [1.807, 2.05) is 36.4 Å². The maximum atomic E-state index is 8.72. The Morgan fingerprint density at radius 2 is 1.95 bits per heavy atom. The SMILES string of the molecule is N#Cc1ccc(Oc2cccc3ncccc23)nc1. The van der Waals surface area contributed by atoms with Crippen LogP contribution in [0.15, 0.2) is 54.9 Å². The lowest BCUT2D eigenvalue weighted by Gasteiger charge is -2.07. The zero-order chi connectivity index (χ0) is 13.1. The Labute approximate surface area is 109 Å². The molecule has 0 spiro atoms. The van der Waals surface area contributed by atoms with Gasteiger partial charge in [0.2, 0.25) is 5.88 Å². The summed E-state index contributed by atoms with van der Waals surface area (Å²) < 4.78 is 5.73. The molecule has 4 heteroatoms. The molecule has 0 N–H and O–H groups in total. The molecule has 2 aromatic heterocycles. The van der Waals surface area contributed by atoms with Crippen molar-refractivity contribution in [1.29, 1.82) is 5.26 Å². The fourth-order valence-electron chi connectivity index (χ4n) is 1.78. The second kappa shape index (κ2) is 4.75. The summed E-state index contributed by atoms with van der Waals surface area (Å²) in [6, 6.07) is 14.8. The van der Waals surface area contributed by atoms with Gasteiger partial charge in [-0.3, -0.25) is 4.98 Å². The first-order chi connectivity index (χ1) is 9.36. The van der Waals surface area contributed by atoms with Gasteiger partial charge in [0.1, 0.15) is 11.8 Å². The lowest BCUT2D eigenvalue weighted by Crippen LogP contribution is -1.90. The number of nitriles is 1. The van der Waals surface area contributed by atoms with Gasteiger partial charge in [-0.2, -0.15) is 5.26 Å². The average Bonchev–Trinajstić information content (AvgIpc) is 2.48. The molecule has 0 bridgehead atoms. The second-order valence-corrected chi connectivity index (χ2v) is 3.93. The van der Waals surface area contributed by atoms with E-state index in [9.17, 15) is 0 Å². The van der Waals surface area contributed by atoms with E-state index < -0.39 is 0 Å². The molecule has 0 atom stereocenters. The summed E-state index contributed by atoms with van der Waals surface area (Å²) in [4.78, 5) is 8.35. The van der Waals surface area contributed by atoms with Crippen LogP contribution in [-0.4, -0.2) is 9.97 Å². The van der Waals surface area contributed by atoms with Crippen molar-refractivity contribution in [3.05, 3.63) is 60.4 Å². The molecule has 3 rings (SSSR count). The molecule has 0 saturated carbocycles. The Morgan fingerprint density at radius 3 is 2.74 bits per heavy atom. The van der Waals surface area contributed by atoms with E-state index >= 15 is 0 Å². The summed E-state index contributed by atoms with van der Waals surface area (Å²) in [6.07, 6.45) is 3.23. The van der Waals surface area contributed by atoms with Gasteiger partial charge >= 0.3 is 0 Å². The van der Waals surface area contributed by atoms with Crippen LogP contribution in [0, 0.1) is 11.3 Å². The molecule has 90 valence electrons. The molecule has 0 radical (unpaired) electrons. The first-order valence-corrected chi connectivity index (χ1v) is 5.74. The summed E-state index contributed by atoms with van der Waals surface area (Å²) >= 11 is 0. The molecule has 2 heterocycles. The van der Waals surface area contributed by atoms with Gasteiger partial charge in [-0.05, 0) is 30.3 Å². The Balaban J connectivity index is 1.99. The lowest BCUT2D eigenvalue weighted by atomic mass is 10.2. The smallest absolute Gasteiger partial charge is 0.219 e. The topological polar surface area (TPSA) is 58.8 Å². The summed E-state index contributed by atoms with van der Waals surface area (Å²) in [5.41, 5.74) is 1.38. The highest BCUT2D eigenvalue weighted by Gasteiger charge is 2.04. The molecule has 0 aliphatic carbocycles. The van der Waals surface area contributed by atoms with E-state index in [0.717, 1.165) is 10.9 Å². The number of hydrogen-bond donors (Lipinski definition) is 0. The first kappa shape index (κ1) is 11.2. The highest BCUT2D eigenvalue weighted by molar-refractivity contribution is 5.85. The van der Waals surface area contributed by atoms with E-state index in [0.29, 0.717) is 17.2 Å². The average molecular weight is 247 g/mol. The number of benzene rings is 1. The van der Waals surface area contributed by atoms with E-state index in [2.05, 4.69) is 9.97 Å². The van der Waals surface area contributed by atoms with Gasteiger partial charge in [0.05, 0.1) is 11.1 Å². The second-order valence-electron chi connectivity index (χ2n) is 3.93. The van der Waals surface area contributed by atoms with Crippen LogP contribution in [-0.2, 0) is 0 Å². The zero-order valence-corrected chi connectivity index (χ0v) is 9.95. The van der Waals surface area contributed by atoms with Crippen LogP contribution in [0.2, 0.25) is 0 Å². The summed E-state index contributed by atoms with van der Waals surface area (Å²) in [7, 11) is 0. The van der Waals surface area contributed by atoms with Gasteiger partial charge in [-0.1, -0.05) is 6.07 Å². The van der Waals surface area contributed by atoms with Crippen molar-refractivity contribution in [2.24, 2.45) is 0 Å². The highest BCUT2D eigenvalue weighted by atomic mass is 16.5. The van der Waals surface area contributed by atoms with Crippen LogP contribution in [0.4, 0.5) is 0 Å². The van der Waals surface area contributed by atoms with Crippen LogP contribution in [0.3, 0.4) is 0 Å². The molecule has 0 aliphatic rings. The minimum absolute atomic E-state index is 0.454. The number of aromatic nitrogens is 2. The third-order valence-corrected chi connectivity index (χ3v) is 2.69. The Bertz CT molecular complexity index is 755. The predicted molar refractivity (Wildman–Crippen MR) is 70.8 cm³/mol. The van der Waals surface area contributed by atoms with Gasteiger partial charge < -0.3 is 4.74 Å². The number of hydrogen-bond acceptors (Lipinski definition) is 4. The third kappa shape index (κ3) is 2.22. The van der Waals surface area contributed by atoms with E-state index in [-0.39, 0.29) is 0 Å². The number of ether oxygens (including phenoxy) is 1. The van der Waals surface area contributed by atoms with E-state index in [1.54, 1.807) is 18.3 Å². The molecule has 0 saturated heterocycles. The fourth-order valence-corrected chi connectivity index (χ4v) is 1.78. The molecule has 4 nitrogen and oxygen atoms in total. The van der Waals surface area contributed by atoms with Crippen molar-refractivity contribution >= 4 is 10.9 Å². The van der Waals surface area contributed by atoms with Crippen molar-refractivity contribution in [1.82, 2.24) is 9.97 Å². The Morgan fingerprint density at radius 1 is 1.00 bits per heavy atom. The maximum Gasteiger partial charge on any atom is 0.219 e. The molecule has 1 aromatic carbocycles. The van der Waals surface area contributed by atoms with E-state index in [1.165, 1.54) is 6.20 Å². The van der Waals surface area contributed by atoms with Crippen LogP contribution >= 0.6 is 0 Å². The van der Waals surface area contributed by atoms with Crippen molar-refractivity contribution < 1.29 is 4.74 Å². The molecule has 0 aliphatic heterocycles. The molecule has 0 fully saturated rings. The lowest BCUT2D eigenvalue weighted by molar-refractivity contribution is 0.468. The van der Waals surface area contributed by atoms with Crippen molar-refractivity contribution in [3.63, 3.8) is 0 Å². The van der Waals surface area contributed by atoms with Crippen LogP contribution in [0.25, 0.3) is 10.9 Å². The number of fused-ring (bicyclic) bond motifs is 1. The van der Waals surface area contributed by atoms with Gasteiger partial charge in [0.15, 0.2) is 0 Å². The van der Waals surface area contributed by atoms with Gasteiger partial charge in [0, 0.05) is 23.8 Å². The molecular weight excluding hydrogens is 238 g/mol. The highest BCUT2D eigenvalue weighted by Crippen LogP contribution is 2.27. The predicted octanol–water partition coefficient (Wildman–Crippen LogP) is 3.29. The fraction of sp³-hybridized carbons (Fsp3) is 0. The van der Waals surface area contributed by atoms with Crippen molar-refractivity contribution in [3.8, 4) is 17.7 Å². The molecule has 3 aromatic rings. The molecular formula is C15H9N3O. The molecule has 19 heavy (non-hydrogen) atoms. The van der Waals surface area contributed by atoms with Gasteiger partial charge in [-0.15, -0.1) is 0 Å². The summed E-state index contributed by atoms with van der Waals surface area (Å²) in [5, 5.41) is 9.65. The van der Waals surface area contributed by atoms with Crippen molar-refractivity contribution in [2.75, 3.05) is 0 Å². The van der Waals surface area contributed by atoms with Gasteiger partial charge in [0.25, 0.3) is 0 Å². The summed E-state index contributed by atoms with van der Waals surface area (Å²) in [6.45, 7) is 0. The molecule has 0 amide bonds. The number of rotatable bonds is 2. The van der Waals surface area contributed by atoms with Crippen molar-refractivity contribution in [2.45, 2.75) is 0 Å². The standard InChI is InChI=1S/C15H9N3O/c16-9-11-6-7-15(18-10-11)19-14-5-1-4-13-12(14)3-2-8-17-13/h1-8,10H. The first-order valence-electron chi connectivity index (χ1n) is 5.74. The third-order valence-electron chi connectivity index (χ3n) is 2.69. The number of pyridine rings is 2. The number of nitrogens with zero attached hydrogens (tertiary/aromatic N) is 3. The van der Waals surface area contributed by atoms with Crippen LogP contribution in [0.5, 0.6) is 11.6 Å². The molecule has 0 unspecified atom stereocenters. The van der Waals surface area contributed by atoms with Gasteiger partial charge in [-0.25, -0.2) is 4.98 Å². The normalized spacial score (nSPS) is 10.1.